The molecule has 1 saturated heterocycles. The van der Waals surface area contributed by atoms with Crippen molar-refractivity contribution in [1.29, 1.82) is 0 Å². The third kappa shape index (κ3) is 6.74. The highest BCUT2D eigenvalue weighted by molar-refractivity contribution is 6.01. The maximum atomic E-state index is 12.6. The van der Waals surface area contributed by atoms with Gasteiger partial charge in [-0.3, -0.25) is 14.4 Å². The van der Waals surface area contributed by atoms with E-state index in [-0.39, 0.29) is 18.9 Å². The van der Waals surface area contributed by atoms with Crippen LogP contribution in [0, 0.1) is 5.92 Å². The molecule has 1 aliphatic rings. The summed E-state index contributed by atoms with van der Waals surface area (Å²) in [6, 6.07) is 11.3. The summed E-state index contributed by atoms with van der Waals surface area (Å²) < 4.78 is 20.9. The van der Waals surface area contributed by atoms with Crippen molar-refractivity contribution in [3.05, 3.63) is 48.0 Å². The molecule has 0 saturated carbocycles. The van der Waals surface area contributed by atoms with Gasteiger partial charge in [0, 0.05) is 24.7 Å². The zero-order chi connectivity index (χ0) is 26.1. The lowest BCUT2D eigenvalue weighted by molar-refractivity contribution is -0.151. The van der Waals surface area contributed by atoms with Crippen LogP contribution in [-0.4, -0.2) is 57.7 Å². The second kappa shape index (κ2) is 12.6. The van der Waals surface area contributed by atoms with Crippen molar-refractivity contribution in [2.45, 2.75) is 26.2 Å². The molecule has 2 amide bonds. The Hall–Kier alpha value is -4.08. The van der Waals surface area contributed by atoms with Crippen molar-refractivity contribution in [3.63, 3.8) is 0 Å². The number of benzene rings is 2. The topological polar surface area (TPSA) is 120 Å². The third-order valence-electron chi connectivity index (χ3n) is 5.62. The lowest BCUT2D eigenvalue weighted by atomic mass is 10.1. The first-order valence-electron chi connectivity index (χ1n) is 11.6. The SMILES string of the molecule is CCCCOC(=O)c1ccc(NC(=O)COC(=O)[C@@H]2CC(=O)N(c3cc(OC)ccc3OC)C2)cc1. The van der Waals surface area contributed by atoms with Crippen LogP contribution in [0.25, 0.3) is 0 Å². The number of methoxy groups -OCH3 is 2. The van der Waals surface area contributed by atoms with E-state index in [1.54, 1.807) is 42.5 Å². The van der Waals surface area contributed by atoms with Crippen LogP contribution >= 0.6 is 0 Å². The standard InChI is InChI=1S/C26H30N2O8/c1-4-5-12-35-25(31)17-6-8-19(9-7-17)27-23(29)16-36-26(32)18-13-24(30)28(15-18)21-14-20(33-2)10-11-22(21)34-3/h6-11,14,18H,4-5,12-13,15-16H2,1-3H3,(H,27,29)/t18-/m1/s1. The van der Waals surface area contributed by atoms with Crippen LogP contribution in [0.4, 0.5) is 11.4 Å². The summed E-state index contributed by atoms with van der Waals surface area (Å²) in [7, 11) is 3.00. The maximum Gasteiger partial charge on any atom is 0.338 e. The normalized spacial score (nSPS) is 14.8. The number of hydrogen-bond acceptors (Lipinski definition) is 8. The molecule has 0 bridgehead atoms. The minimum Gasteiger partial charge on any atom is -0.497 e. The molecule has 0 radical (unpaired) electrons. The van der Waals surface area contributed by atoms with Gasteiger partial charge >= 0.3 is 11.9 Å². The number of hydrogen-bond donors (Lipinski definition) is 1. The number of carbonyl (C=O) groups is 4. The van der Waals surface area contributed by atoms with Crippen LogP contribution in [-0.2, 0) is 23.9 Å². The molecule has 2 aromatic rings. The van der Waals surface area contributed by atoms with E-state index in [4.69, 9.17) is 18.9 Å². The van der Waals surface area contributed by atoms with Gasteiger partial charge in [0.2, 0.25) is 5.91 Å². The number of amides is 2. The van der Waals surface area contributed by atoms with Crippen LogP contribution in [0.3, 0.4) is 0 Å². The molecule has 10 heteroatoms. The summed E-state index contributed by atoms with van der Waals surface area (Å²) in [5.41, 5.74) is 1.31. The van der Waals surface area contributed by atoms with Gasteiger partial charge < -0.3 is 29.2 Å². The predicted octanol–water partition coefficient (Wildman–Crippen LogP) is 3.20. The molecule has 192 valence electrons. The third-order valence-corrected chi connectivity index (χ3v) is 5.62. The van der Waals surface area contributed by atoms with Crippen molar-refractivity contribution in [2.24, 2.45) is 5.92 Å². The quantitative estimate of drug-likeness (QED) is 0.370. The second-order valence-corrected chi connectivity index (χ2v) is 8.17. The number of carbonyl (C=O) groups excluding carboxylic acids is 4. The Morgan fingerprint density at radius 3 is 2.44 bits per heavy atom. The Labute approximate surface area is 209 Å². The molecule has 10 nitrogen and oxygen atoms in total. The van der Waals surface area contributed by atoms with Gasteiger partial charge in [0.1, 0.15) is 11.5 Å². The first kappa shape index (κ1) is 26.5. The highest BCUT2D eigenvalue weighted by Crippen LogP contribution is 2.36. The minimum atomic E-state index is -0.723. The van der Waals surface area contributed by atoms with Crippen LogP contribution in [0.2, 0.25) is 0 Å². The van der Waals surface area contributed by atoms with Gasteiger partial charge in [0.15, 0.2) is 6.61 Å². The predicted molar refractivity (Wildman–Crippen MR) is 131 cm³/mol. The highest BCUT2D eigenvalue weighted by atomic mass is 16.5. The lowest BCUT2D eigenvalue weighted by Gasteiger charge is -2.20. The number of rotatable bonds is 11. The number of anilines is 2. The molecule has 0 aliphatic carbocycles. The minimum absolute atomic E-state index is 0.0450. The molecular formula is C26H30N2O8. The van der Waals surface area contributed by atoms with Gasteiger partial charge in [-0.25, -0.2) is 4.79 Å². The Morgan fingerprint density at radius 2 is 1.78 bits per heavy atom. The van der Waals surface area contributed by atoms with E-state index < -0.39 is 30.4 Å². The van der Waals surface area contributed by atoms with Gasteiger partial charge in [-0.1, -0.05) is 13.3 Å². The smallest absolute Gasteiger partial charge is 0.338 e. The summed E-state index contributed by atoms with van der Waals surface area (Å²) in [6.07, 6.45) is 1.67. The summed E-state index contributed by atoms with van der Waals surface area (Å²) in [5, 5.41) is 2.60. The van der Waals surface area contributed by atoms with Crippen molar-refractivity contribution < 1.29 is 38.1 Å². The monoisotopic (exact) mass is 498 g/mol. The molecule has 0 unspecified atom stereocenters. The van der Waals surface area contributed by atoms with Gasteiger partial charge in [0.05, 0.1) is 38.0 Å². The summed E-state index contributed by atoms with van der Waals surface area (Å²) in [5.74, 6) is -1.59. The molecule has 1 heterocycles. The Morgan fingerprint density at radius 1 is 1.03 bits per heavy atom. The number of unbranched alkanes of at least 4 members (excludes halogenated alkanes) is 1. The number of esters is 2. The van der Waals surface area contributed by atoms with Gasteiger partial charge in [-0.2, -0.15) is 0 Å². The first-order chi connectivity index (χ1) is 17.4. The summed E-state index contributed by atoms with van der Waals surface area (Å²) in [6.45, 7) is 1.95. The summed E-state index contributed by atoms with van der Waals surface area (Å²) in [4.78, 5) is 50.8. The molecule has 1 atom stereocenters. The Kier molecular flexibility index (Phi) is 9.26. The maximum absolute atomic E-state index is 12.6. The van der Waals surface area contributed by atoms with Crippen LogP contribution < -0.4 is 19.7 Å². The van der Waals surface area contributed by atoms with Crippen molar-refractivity contribution >= 4 is 35.1 Å². The fourth-order valence-corrected chi connectivity index (χ4v) is 3.64. The lowest BCUT2D eigenvalue weighted by Crippen LogP contribution is -2.28. The van der Waals surface area contributed by atoms with Gasteiger partial charge in [0.25, 0.3) is 5.91 Å². The van der Waals surface area contributed by atoms with Gasteiger partial charge in [-0.15, -0.1) is 0 Å². The fraction of sp³-hybridized carbons (Fsp3) is 0.385. The van der Waals surface area contributed by atoms with Gasteiger partial charge in [-0.05, 0) is 42.8 Å². The van der Waals surface area contributed by atoms with Crippen LogP contribution in [0.1, 0.15) is 36.5 Å². The molecule has 36 heavy (non-hydrogen) atoms. The molecule has 2 aromatic carbocycles. The number of ether oxygens (including phenoxy) is 4. The molecule has 1 N–H and O–H groups in total. The van der Waals surface area contributed by atoms with Crippen molar-refractivity contribution in [3.8, 4) is 11.5 Å². The average Bonchev–Trinajstić information content (AvgIpc) is 3.28. The van der Waals surface area contributed by atoms with E-state index in [1.807, 2.05) is 6.92 Å². The van der Waals surface area contributed by atoms with Crippen LogP contribution in [0.15, 0.2) is 42.5 Å². The van der Waals surface area contributed by atoms with E-state index in [0.29, 0.717) is 35.0 Å². The zero-order valence-corrected chi connectivity index (χ0v) is 20.6. The van der Waals surface area contributed by atoms with E-state index in [0.717, 1.165) is 12.8 Å². The van der Waals surface area contributed by atoms with E-state index in [9.17, 15) is 19.2 Å². The number of nitrogens with one attached hydrogen (secondary N) is 1. The average molecular weight is 499 g/mol. The fourth-order valence-electron chi connectivity index (χ4n) is 3.64. The van der Waals surface area contributed by atoms with E-state index in [1.165, 1.54) is 19.1 Å². The second-order valence-electron chi connectivity index (χ2n) is 8.17. The largest absolute Gasteiger partial charge is 0.497 e. The zero-order valence-electron chi connectivity index (χ0n) is 20.6. The van der Waals surface area contributed by atoms with E-state index in [2.05, 4.69) is 5.32 Å². The Balaban J connectivity index is 1.50. The van der Waals surface area contributed by atoms with Crippen molar-refractivity contribution in [1.82, 2.24) is 0 Å². The molecule has 1 fully saturated rings. The highest BCUT2D eigenvalue weighted by Gasteiger charge is 2.37. The molecule has 0 spiro atoms. The van der Waals surface area contributed by atoms with Crippen molar-refractivity contribution in [2.75, 3.05) is 44.2 Å². The molecule has 1 aliphatic heterocycles. The number of nitrogens with zero attached hydrogens (tertiary/aromatic N) is 1. The molecular weight excluding hydrogens is 468 g/mol. The first-order valence-corrected chi connectivity index (χ1v) is 11.6. The van der Waals surface area contributed by atoms with E-state index >= 15 is 0 Å². The summed E-state index contributed by atoms with van der Waals surface area (Å²) >= 11 is 0. The molecule has 0 aromatic heterocycles. The van der Waals surface area contributed by atoms with Crippen LogP contribution in [0.5, 0.6) is 11.5 Å². The Bertz CT molecular complexity index is 1100. The molecule has 3 rings (SSSR count).